The van der Waals surface area contributed by atoms with Crippen LogP contribution in [0.3, 0.4) is 0 Å². The van der Waals surface area contributed by atoms with Gasteiger partial charge in [0.25, 0.3) is 0 Å². The minimum atomic E-state index is 0.0927. The molecule has 5 heteroatoms. The van der Waals surface area contributed by atoms with Crippen molar-refractivity contribution in [1.29, 1.82) is 0 Å². The van der Waals surface area contributed by atoms with E-state index in [0.717, 1.165) is 17.5 Å². The molecule has 1 aromatic heterocycles. The zero-order valence-electron chi connectivity index (χ0n) is 9.02. The van der Waals surface area contributed by atoms with Gasteiger partial charge in [-0.05, 0) is 18.6 Å². The number of aromatic nitrogens is 3. The normalized spacial score (nSPS) is 12.6. The number of benzene rings is 1. The van der Waals surface area contributed by atoms with Crippen LogP contribution in [-0.2, 0) is 0 Å². The van der Waals surface area contributed by atoms with Crippen molar-refractivity contribution in [3.63, 3.8) is 0 Å². The van der Waals surface area contributed by atoms with Gasteiger partial charge in [-0.2, -0.15) is 0 Å². The first-order valence-electron chi connectivity index (χ1n) is 5.27. The molecule has 16 heavy (non-hydrogen) atoms. The minimum Gasteiger partial charge on any atom is -0.351 e. The number of hydrogen-bond acceptors (Lipinski definition) is 4. The summed E-state index contributed by atoms with van der Waals surface area (Å²) in [6.07, 6.45) is 0.912. The fourth-order valence-electron chi connectivity index (χ4n) is 1.30. The van der Waals surface area contributed by atoms with E-state index < -0.39 is 0 Å². The summed E-state index contributed by atoms with van der Waals surface area (Å²) in [6, 6.07) is 7.64. The molecule has 0 aliphatic carbocycles. The van der Waals surface area contributed by atoms with Gasteiger partial charge in [0.2, 0.25) is 5.95 Å². The summed E-state index contributed by atoms with van der Waals surface area (Å²) < 4.78 is 0. The highest BCUT2D eigenvalue weighted by Gasteiger charge is 2.03. The number of halogens is 1. The maximum absolute atomic E-state index is 5.99. The SMILES string of the molecule is CCC(Cl)CNc1nnc2ccccc2n1. The van der Waals surface area contributed by atoms with Crippen LogP contribution in [0.5, 0.6) is 0 Å². The Morgan fingerprint density at radius 1 is 1.25 bits per heavy atom. The van der Waals surface area contributed by atoms with Crippen LogP contribution in [0.4, 0.5) is 5.95 Å². The van der Waals surface area contributed by atoms with Crippen molar-refractivity contribution in [2.45, 2.75) is 18.7 Å². The summed E-state index contributed by atoms with van der Waals surface area (Å²) in [7, 11) is 0. The van der Waals surface area contributed by atoms with Gasteiger partial charge in [-0.1, -0.05) is 19.1 Å². The third kappa shape index (κ3) is 2.58. The third-order valence-electron chi connectivity index (χ3n) is 2.29. The standard InChI is InChI=1S/C11H13ClN4/c1-2-8(12)7-13-11-14-9-5-3-4-6-10(9)15-16-11/h3-6,8H,2,7H2,1H3,(H,13,14,16). The number of para-hydroxylation sites is 1. The van der Waals surface area contributed by atoms with E-state index in [-0.39, 0.29) is 5.38 Å². The predicted octanol–water partition coefficient (Wildman–Crippen LogP) is 2.45. The van der Waals surface area contributed by atoms with E-state index in [2.05, 4.69) is 20.5 Å². The highest BCUT2D eigenvalue weighted by Crippen LogP contribution is 2.09. The average molecular weight is 237 g/mol. The lowest BCUT2D eigenvalue weighted by Gasteiger charge is -2.07. The third-order valence-corrected chi connectivity index (χ3v) is 2.75. The van der Waals surface area contributed by atoms with Gasteiger partial charge in [0, 0.05) is 6.54 Å². The molecule has 2 rings (SSSR count). The Kier molecular flexibility index (Phi) is 3.51. The van der Waals surface area contributed by atoms with Crippen molar-refractivity contribution in [3.05, 3.63) is 24.3 Å². The first-order valence-corrected chi connectivity index (χ1v) is 5.70. The number of hydrogen-bond donors (Lipinski definition) is 1. The average Bonchev–Trinajstić information content (AvgIpc) is 2.35. The maximum Gasteiger partial charge on any atom is 0.243 e. The molecule has 0 aliphatic rings. The Hall–Kier alpha value is -1.42. The van der Waals surface area contributed by atoms with Crippen molar-refractivity contribution >= 4 is 28.6 Å². The molecule has 0 saturated heterocycles. The lowest BCUT2D eigenvalue weighted by atomic mass is 10.3. The lowest BCUT2D eigenvalue weighted by Crippen LogP contribution is -2.15. The van der Waals surface area contributed by atoms with Crippen LogP contribution in [0.15, 0.2) is 24.3 Å². The summed E-state index contributed by atoms with van der Waals surface area (Å²) in [5.41, 5.74) is 1.63. The highest BCUT2D eigenvalue weighted by molar-refractivity contribution is 6.20. The Labute approximate surface area is 99.1 Å². The van der Waals surface area contributed by atoms with E-state index in [0.29, 0.717) is 12.5 Å². The van der Waals surface area contributed by atoms with Crippen molar-refractivity contribution in [3.8, 4) is 0 Å². The second kappa shape index (κ2) is 5.07. The maximum atomic E-state index is 5.99. The largest absolute Gasteiger partial charge is 0.351 e. The van der Waals surface area contributed by atoms with Gasteiger partial charge < -0.3 is 5.32 Å². The van der Waals surface area contributed by atoms with Crippen LogP contribution in [0.25, 0.3) is 11.0 Å². The fourth-order valence-corrected chi connectivity index (χ4v) is 1.38. The first-order chi connectivity index (χ1) is 7.79. The molecular formula is C11H13ClN4. The van der Waals surface area contributed by atoms with Gasteiger partial charge in [-0.25, -0.2) is 4.98 Å². The van der Waals surface area contributed by atoms with E-state index in [1.165, 1.54) is 0 Å². The molecule has 84 valence electrons. The van der Waals surface area contributed by atoms with Gasteiger partial charge in [0.15, 0.2) is 0 Å². The van der Waals surface area contributed by atoms with Crippen LogP contribution in [-0.4, -0.2) is 27.1 Å². The summed E-state index contributed by atoms with van der Waals surface area (Å²) in [6.45, 7) is 2.69. The van der Waals surface area contributed by atoms with E-state index in [9.17, 15) is 0 Å². The Balaban J connectivity index is 2.13. The molecule has 0 fully saturated rings. The molecule has 0 spiro atoms. The summed E-state index contributed by atoms with van der Waals surface area (Å²) >= 11 is 5.99. The van der Waals surface area contributed by atoms with Gasteiger partial charge in [0.1, 0.15) is 5.52 Å². The number of fused-ring (bicyclic) bond motifs is 1. The van der Waals surface area contributed by atoms with Crippen LogP contribution in [0.2, 0.25) is 0 Å². The lowest BCUT2D eigenvalue weighted by molar-refractivity contribution is 0.831. The minimum absolute atomic E-state index is 0.0927. The van der Waals surface area contributed by atoms with Gasteiger partial charge >= 0.3 is 0 Å². The zero-order valence-corrected chi connectivity index (χ0v) is 9.78. The first kappa shape index (κ1) is 11.1. The number of rotatable bonds is 4. The summed E-state index contributed by atoms with van der Waals surface area (Å²) in [5, 5.41) is 11.2. The molecule has 0 radical (unpaired) electrons. The Morgan fingerprint density at radius 2 is 2.00 bits per heavy atom. The van der Waals surface area contributed by atoms with Crippen molar-refractivity contribution < 1.29 is 0 Å². The fraction of sp³-hybridized carbons (Fsp3) is 0.364. The Bertz CT molecular complexity index is 474. The molecule has 1 N–H and O–H groups in total. The quantitative estimate of drug-likeness (QED) is 0.829. The predicted molar refractivity (Wildman–Crippen MR) is 65.8 cm³/mol. The molecule has 0 aliphatic heterocycles. The van der Waals surface area contributed by atoms with Crippen molar-refractivity contribution in [2.75, 3.05) is 11.9 Å². The van der Waals surface area contributed by atoms with E-state index >= 15 is 0 Å². The number of anilines is 1. The monoisotopic (exact) mass is 236 g/mol. The second-order valence-corrected chi connectivity index (χ2v) is 4.13. The molecular weight excluding hydrogens is 224 g/mol. The van der Waals surface area contributed by atoms with Crippen LogP contribution in [0, 0.1) is 0 Å². The molecule has 0 bridgehead atoms. The van der Waals surface area contributed by atoms with E-state index in [1.807, 2.05) is 31.2 Å². The molecule has 0 saturated carbocycles. The van der Waals surface area contributed by atoms with Crippen LogP contribution in [0.1, 0.15) is 13.3 Å². The van der Waals surface area contributed by atoms with E-state index in [1.54, 1.807) is 0 Å². The smallest absolute Gasteiger partial charge is 0.243 e. The summed E-state index contributed by atoms with van der Waals surface area (Å²) in [4.78, 5) is 4.34. The number of nitrogens with zero attached hydrogens (tertiary/aromatic N) is 3. The zero-order chi connectivity index (χ0) is 11.4. The molecule has 4 nitrogen and oxygen atoms in total. The van der Waals surface area contributed by atoms with Crippen LogP contribution >= 0.6 is 11.6 Å². The molecule has 2 aromatic rings. The van der Waals surface area contributed by atoms with E-state index in [4.69, 9.17) is 11.6 Å². The molecule has 1 atom stereocenters. The summed E-state index contributed by atoms with van der Waals surface area (Å²) in [5.74, 6) is 0.526. The van der Waals surface area contributed by atoms with Crippen molar-refractivity contribution in [1.82, 2.24) is 15.2 Å². The highest BCUT2D eigenvalue weighted by atomic mass is 35.5. The number of alkyl halides is 1. The van der Waals surface area contributed by atoms with Gasteiger partial charge in [-0.3, -0.25) is 0 Å². The van der Waals surface area contributed by atoms with Gasteiger partial charge in [-0.15, -0.1) is 21.8 Å². The van der Waals surface area contributed by atoms with Gasteiger partial charge in [0.05, 0.1) is 10.9 Å². The molecule has 1 unspecified atom stereocenters. The van der Waals surface area contributed by atoms with Crippen molar-refractivity contribution in [2.24, 2.45) is 0 Å². The molecule has 0 amide bonds. The topological polar surface area (TPSA) is 50.7 Å². The van der Waals surface area contributed by atoms with Crippen LogP contribution < -0.4 is 5.32 Å². The number of nitrogens with one attached hydrogen (secondary N) is 1. The molecule has 1 aromatic carbocycles. The molecule has 1 heterocycles. The Morgan fingerprint density at radius 3 is 2.75 bits per heavy atom. The second-order valence-electron chi connectivity index (χ2n) is 3.51.